The molecule has 3 aromatic rings. The van der Waals surface area contributed by atoms with Crippen LogP contribution in [0.2, 0.25) is 0 Å². The Morgan fingerprint density at radius 2 is 1.63 bits per heavy atom. The predicted octanol–water partition coefficient (Wildman–Crippen LogP) is 8.11. The van der Waals surface area contributed by atoms with E-state index < -0.39 is 29.0 Å². The molecule has 0 bridgehead atoms. The smallest absolute Gasteiger partial charge is 0.246 e. The number of aromatic nitrogens is 1. The minimum Gasteiger partial charge on any atom is -0.377 e. The molecule has 1 saturated heterocycles. The van der Waals surface area contributed by atoms with Crippen LogP contribution < -0.4 is 15.5 Å². The lowest BCUT2D eigenvalue weighted by Gasteiger charge is -2.53. The van der Waals surface area contributed by atoms with Crippen molar-refractivity contribution in [1.82, 2.24) is 20.5 Å². The summed E-state index contributed by atoms with van der Waals surface area (Å²) in [6, 6.07) is 15.5. The van der Waals surface area contributed by atoms with Gasteiger partial charge < -0.3 is 44.5 Å². The van der Waals surface area contributed by atoms with E-state index in [1.807, 2.05) is 70.5 Å². The second-order valence-electron chi connectivity index (χ2n) is 22.4. The molecule has 15 heteroatoms. The van der Waals surface area contributed by atoms with E-state index in [0.29, 0.717) is 90.2 Å². The van der Waals surface area contributed by atoms with Crippen molar-refractivity contribution in [3.63, 3.8) is 0 Å². The summed E-state index contributed by atoms with van der Waals surface area (Å²) < 4.78 is 22.9. The number of anilines is 1. The normalized spacial score (nSPS) is 24.6. The van der Waals surface area contributed by atoms with Gasteiger partial charge in [0.1, 0.15) is 24.3 Å². The van der Waals surface area contributed by atoms with Crippen LogP contribution in [0.5, 0.6) is 0 Å². The predicted molar refractivity (Wildman–Crippen MR) is 292 cm³/mol. The summed E-state index contributed by atoms with van der Waals surface area (Å²) in [5.41, 5.74) is 9.48. The van der Waals surface area contributed by atoms with Gasteiger partial charge in [-0.2, -0.15) is 0 Å². The van der Waals surface area contributed by atoms with Crippen molar-refractivity contribution < 1.29 is 43.2 Å². The Morgan fingerprint density at radius 1 is 0.933 bits per heavy atom. The molecule has 2 saturated carbocycles. The van der Waals surface area contributed by atoms with Crippen molar-refractivity contribution in [3.8, 4) is 22.3 Å². The summed E-state index contributed by atoms with van der Waals surface area (Å²) in [6.07, 6.45) is 9.05. The van der Waals surface area contributed by atoms with Gasteiger partial charge in [0.15, 0.2) is 5.78 Å². The van der Waals surface area contributed by atoms with Crippen LogP contribution in [-0.2, 0) is 44.7 Å². The lowest BCUT2D eigenvalue weighted by atomic mass is 9.51. The van der Waals surface area contributed by atoms with Gasteiger partial charge in [0, 0.05) is 50.1 Å². The number of fused-ring (bicyclic) bond motifs is 4. The van der Waals surface area contributed by atoms with Crippen LogP contribution in [-0.4, -0.2) is 129 Å². The van der Waals surface area contributed by atoms with E-state index in [2.05, 4.69) is 70.6 Å². The van der Waals surface area contributed by atoms with Gasteiger partial charge in [0.2, 0.25) is 17.7 Å². The van der Waals surface area contributed by atoms with Crippen molar-refractivity contribution in [2.45, 2.75) is 129 Å². The molecule has 0 radical (unpaired) electrons. The van der Waals surface area contributed by atoms with E-state index in [1.165, 1.54) is 22.3 Å². The third-order valence-electron chi connectivity index (χ3n) is 16.6. The first-order chi connectivity index (χ1) is 36.0. The molecule has 7 unspecified atom stereocenters. The Hall–Kier alpha value is -5.21. The molecule has 14 nitrogen and oxygen atoms in total. The quantitative estimate of drug-likeness (QED) is 0.0657. The van der Waals surface area contributed by atoms with Crippen LogP contribution >= 0.6 is 11.3 Å². The number of hydrogen-bond donors (Lipinski definition) is 3. The summed E-state index contributed by atoms with van der Waals surface area (Å²) in [5, 5.41) is 17.9. The van der Waals surface area contributed by atoms with E-state index in [-0.39, 0.29) is 48.8 Å². The number of rotatable bonds is 22. The van der Waals surface area contributed by atoms with Gasteiger partial charge >= 0.3 is 0 Å². The maximum Gasteiger partial charge on any atom is 0.246 e. The van der Waals surface area contributed by atoms with Crippen molar-refractivity contribution in [3.05, 3.63) is 93.7 Å². The Balaban J connectivity index is 0.695. The summed E-state index contributed by atoms with van der Waals surface area (Å²) in [4.78, 5) is 62.1. The largest absolute Gasteiger partial charge is 0.377 e. The number of benzene rings is 2. The van der Waals surface area contributed by atoms with Gasteiger partial charge in [-0.05, 0) is 129 Å². The summed E-state index contributed by atoms with van der Waals surface area (Å²) in [6.45, 7) is 15.7. The molecular weight excluding hydrogens is 967 g/mol. The number of ether oxygens (including phenoxy) is 4. The lowest BCUT2D eigenvalue weighted by Crippen LogP contribution is -2.58. The van der Waals surface area contributed by atoms with Gasteiger partial charge in [-0.3, -0.25) is 19.2 Å². The average molecular weight is 1050 g/mol. The molecule has 3 amide bonds. The summed E-state index contributed by atoms with van der Waals surface area (Å²) in [7, 11) is 2.07. The first kappa shape index (κ1) is 56.0. The number of carbonyl (C=O) groups is 4. The van der Waals surface area contributed by atoms with E-state index in [1.54, 1.807) is 16.2 Å². The number of aryl methyl sites for hydroxylation is 1. The molecule has 75 heavy (non-hydrogen) atoms. The number of nitrogens with zero attached hydrogens (tertiary/aromatic N) is 3. The zero-order chi connectivity index (χ0) is 53.3. The van der Waals surface area contributed by atoms with E-state index in [0.717, 1.165) is 59.5 Å². The number of aliphatic hydroxyl groups is 1. The average Bonchev–Trinajstić information content (AvgIpc) is 4.17. The highest BCUT2D eigenvalue weighted by Crippen LogP contribution is 2.66. The van der Waals surface area contributed by atoms with Gasteiger partial charge in [-0.25, -0.2) is 4.98 Å². The molecule has 404 valence electrons. The topological polar surface area (TPSA) is 169 Å². The van der Waals surface area contributed by atoms with Gasteiger partial charge in [-0.1, -0.05) is 75.6 Å². The van der Waals surface area contributed by atoms with Crippen molar-refractivity contribution >= 4 is 40.5 Å². The van der Waals surface area contributed by atoms with E-state index in [4.69, 9.17) is 18.9 Å². The fraction of sp³-hybridized carbons (Fsp3) is 0.583. The molecule has 2 aromatic carbocycles. The third kappa shape index (κ3) is 13.0. The summed E-state index contributed by atoms with van der Waals surface area (Å²) in [5.74, 6) is 6.60. The number of likely N-dealkylation sites (N-methyl/N-ethyl adjacent to an activating group) is 1. The number of amides is 3. The van der Waals surface area contributed by atoms with E-state index >= 15 is 0 Å². The second kappa shape index (κ2) is 24.8. The van der Waals surface area contributed by atoms with Gasteiger partial charge in [0.05, 0.1) is 62.3 Å². The van der Waals surface area contributed by atoms with Crippen LogP contribution in [0.25, 0.3) is 10.4 Å². The van der Waals surface area contributed by atoms with Crippen molar-refractivity contribution in [2.75, 3.05) is 77.9 Å². The molecular formula is C60H79N5O9S. The number of carbonyl (C=O) groups excluding carboxylic acids is 4. The molecule has 4 aliphatic carbocycles. The molecule has 7 atom stereocenters. The number of hydrogen-bond acceptors (Lipinski definition) is 12. The molecule has 2 heterocycles. The van der Waals surface area contributed by atoms with Crippen LogP contribution in [0.1, 0.15) is 115 Å². The second-order valence-corrected chi connectivity index (χ2v) is 23.3. The van der Waals surface area contributed by atoms with Crippen molar-refractivity contribution in [1.29, 1.82) is 0 Å². The molecule has 3 N–H and O–H groups in total. The standard InChI is InChI=1S/C60H79N5O9S/c1-8-24-60(70)25-23-50-48-21-17-44-35-46(66)20-22-47(44)53(48)49(36-59(50,60)6)42-15-18-45(19-16-42)64(7)27-28-71-29-30-72-31-32-73-33-34-74-38-52(67)63-55(58(3,4)5)57(69)65-26-9-10-51(65)56(68)61-37-41-11-13-43(14-12-41)54-40(2)62-39-75-54/h11-16,18-19,35,39,48-51,55,70H,9-10,17,20-23,25-34,36-38H2,1-7H3,(H,61,68)(H,63,67). The Kier molecular flexibility index (Phi) is 18.6. The van der Waals surface area contributed by atoms with Crippen LogP contribution in [0.3, 0.4) is 0 Å². The zero-order valence-electron chi connectivity index (χ0n) is 45.3. The fourth-order valence-electron chi connectivity index (χ4n) is 12.5. The van der Waals surface area contributed by atoms with Crippen molar-refractivity contribution in [2.24, 2.45) is 22.7 Å². The SMILES string of the molecule is CC#CC1(O)CCC2C3CCC4=CC(=O)CCC4=C3C(c3ccc(N(C)CCOCCOCCOCCOCC(=O)NC(C(=O)N4CCCC4C(=O)NCc4ccc(-c5scnc5C)cc4)C(C)(C)C)cc3)CC21C. The fourth-order valence-corrected chi connectivity index (χ4v) is 13.3. The van der Waals surface area contributed by atoms with Gasteiger partial charge in [-0.15, -0.1) is 17.3 Å². The highest BCUT2D eigenvalue weighted by Gasteiger charge is 2.62. The monoisotopic (exact) mass is 1050 g/mol. The lowest BCUT2D eigenvalue weighted by molar-refractivity contribution is -0.144. The maximum atomic E-state index is 14.0. The first-order valence-electron chi connectivity index (χ1n) is 27.1. The van der Waals surface area contributed by atoms with Crippen LogP contribution in [0.15, 0.2) is 76.8 Å². The molecule has 3 fully saturated rings. The Bertz CT molecular complexity index is 2630. The number of likely N-dealkylation sites (tertiary alicyclic amines) is 1. The summed E-state index contributed by atoms with van der Waals surface area (Å²) >= 11 is 1.60. The number of thiazole rings is 1. The highest BCUT2D eigenvalue weighted by molar-refractivity contribution is 7.13. The zero-order valence-corrected chi connectivity index (χ0v) is 46.1. The third-order valence-corrected chi connectivity index (χ3v) is 17.5. The minimum atomic E-state index is -0.997. The van der Waals surface area contributed by atoms with Gasteiger partial charge in [0.25, 0.3) is 0 Å². The number of allylic oxidation sites excluding steroid dienone is 4. The molecule has 8 rings (SSSR count). The van der Waals surface area contributed by atoms with Crippen LogP contribution in [0.4, 0.5) is 5.69 Å². The molecule has 0 spiro atoms. The molecule has 5 aliphatic rings. The maximum absolute atomic E-state index is 14.0. The Labute approximate surface area is 448 Å². The first-order valence-corrected chi connectivity index (χ1v) is 28.0. The van der Waals surface area contributed by atoms with E-state index in [9.17, 15) is 24.3 Å². The molecule has 1 aromatic heterocycles. The Morgan fingerprint density at radius 3 is 2.29 bits per heavy atom. The highest BCUT2D eigenvalue weighted by atomic mass is 32.1. The van der Waals surface area contributed by atoms with Crippen LogP contribution in [0, 0.1) is 41.4 Å². The molecule has 1 aliphatic heterocycles. The number of ketones is 1. The number of nitrogens with one attached hydrogen (secondary N) is 2. The minimum absolute atomic E-state index is 0.165.